The third-order valence-corrected chi connectivity index (χ3v) is 2.92. The highest BCUT2D eigenvalue weighted by molar-refractivity contribution is 5.89. The summed E-state index contributed by atoms with van der Waals surface area (Å²) >= 11 is 0. The minimum absolute atomic E-state index is 0.207. The molecule has 0 heterocycles. The Balaban J connectivity index is 2.23. The van der Waals surface area contributed by atoms with Gasteiger partial charge in [-0.25, -0.2) is 4.79 Å². The minimum atomic E-state index is -0.207. The zero-order valence-electron chi connectivity index (χ0n) is 10.2. The minimum Gasteiger partial charge on any atom is -0.496 e. The Hall–Kier alpha value is -1.77. The molecule has 0 N–H and O–H groups in total. The van der Waals surface area contributed by atoms with Crippen LogP contribution >= 0.6 is 0 Å². The molecule has 0 amide bonds. The maximum absolute atomic E-state index is 11.6. The normalized spacial score (nSPS) is 13.6. The molecule has 1 aliphatic carbocycles. The molecule has 0 saturated heterocycles. The molecule has 0 bridgehead atoms. The molecule has 0 unspecified atom stereocenters. The van der Waals surface area contributed by atoms with Gasteiger partial charge in [0.05, 0.1) is 13.7 Å². The van der Waals surface area contributed by atoms with Crippen LogP contribution in [-0.4, -0.2) is 19.7 Å². The number of hydrogen-bond donors (Lipinski definition) is 0. The third-order valence-electron chi connectivity index (χ3n) is 2.92. The number of ether oxygens (including phenoxy) is 2. The Bertz CT molecular complexity index is 461. The molecule has 0 aliphatic heterocycles. The molecule has 0 radical (unpaired) electrons. The standard InChI is InChI=1S/C14H16O3/c1-3-17-14(15)11-7-8-12-10(9-11)5-4-6-13(12)16-2/h4-7H,3,8-9H2,1-2H3. The Morgan fingerprint density at radius 2 is 2.24 bits per heavy atom. The summed E-state index contributed by atoms with van der Waals surface area (Å²) in [5, 5.41) is 0. The van der Waals surface area contributed by atoms with Gasteiger partial charge < -0.3 is 9.47 Å². The van der Waals surface area contributed by atoms with Gasteiger partial charge in [-0.2, -0.15) is 0 Å². The van der Waals surface area contributed by atoms with Crippen molar-refractivity contribution in [3.05, 3.63) is 41.0 Å². The highest BCUT2D eigenvalue weighted by Gasteiger charge is 2.19. The van der Waals surface area contributed by atoms with Gasteiger partial charge in [0.15, 0.2) is 0 Å². The van der Waals surface area contributed by atoms with Crippen molar-refractivity contribution in [2.75, 3.05) is 13.7 Å². The Labute approximate surface area is 101 Å². The van der Waals surface area contributed by atoms with Gasteiger partial charge in [0.25, 0.3) is 0 Å². The van der Waals surface area contributed by atoms with Crippen LogP contribution in [0.15, 0.2) is 29.8 Å². The fourth-order valence-corrected chi connectivity index (χ4v) is 2.08. The maximum atomic E-state index is 11.6. The Morgan fingerprint density at radius 1 is 1.41 bits per heavy atom. The van der Waals surface area contributed by atoms with E-state index < -0.39 is 0 Å². The molecular formula is C14H16O3. The van der Waals surface area contributed by atoms with Gasteiger partial charge in [-0.15, -0.1) is 0 Å². The van der Waals surface area contributed by atoms with Crippen LogP contribution in [0.3, 0.4) is 0 Å². The zero-order chi connectivity index (χ0) is 12.3. The summed E-state index contributed by atoms with van der Waals surface area (Å²) < 4.78 is 10.3. The smallest absolute Gasteiger partial charge is 0.334 e. The van der Waals surface area contributed by atoms with Crippen LogP contribution in [0.1, 0.15) is 18.1 Å². The van der Waals surface area contributed by atoms with Gasteiger partial charge in [-0.05, 0) is 25.0 Å². The summed E-state index contributed by atoms with van der Waals surface area (Å²) in [5.41, 5.74) is 3.06. The van der Waals surface area contributed by atoms with Crippen molar-refractivity contribution >= 4 is 5.97 Å². The average Bonchev–Trinajstić information content (AvgIpc) is 2.37. The summed E-state index contributed by atoms with van der Waals surface area (Å²) in [7, 11) is 1.67. The number of carbonyl (C=O) groups excluding carboxylic acids is 1. The van der Waals surface area contributed by atoms with E-state index in [2.05, 4.69) is 0 Å². The van der Waals surface area contributed by atoms with Crippen molar-refractivity contribution in [1.29, 1.82) is 0 Å². The number of hydrogen-bond acceptors (Lipinski definition) is 3. The lowest BCUT2D eigenvalue weighted by atomic mass is 9.91. The van der Waals surface area contributed by atoms with E-state index in [0.29, 0.717) is 13.0 Å². The molecule has 1 aromatic carbocycles. The molecule has 3 nitrogen and oxygen atoms in total. The topological polar surface area (TPSA) is 35.5 Å². The fraction of sp³-hybridized carbons (Fsp3) is 0.357. The number of allylic oxidation sites excluding steroid dienone is 1. The Kier molecular flexibility index (Phi) is 3.47. The molecule has 0 spiro atoms. The summed E-state index contributed by atoms with van der Waals surface area (Å²) in [5.74, 6) is 0.683. The second kappa shape index (κ2) is 5.04. The van der Waals surface area contributed by atoms with E-state index in [1.54, 1.807) is 7.11 Å². The van der Waals surface area contributed by atoms with Gasteiger partial charge in [-0.3, -0.25) is 0 Å². The molecule has 1 aliphatic rings. The van der Waals surface area contributed by atoms with E-state index in [1.807, 2.05) is 31.2 Å². The quantitative estimate of drug-likeness (QED) is 0.750. The van der Waals surface area contributed by atoms with E-state index in [9.17, 15) is 4.79 Å². The van der Waals surface area contributed by atoms with E-state index >= 15 is 0 Å². The first-order valence-electron chi connectivity index (χ1n) is 5.77. The van der Waals surface area contributed by atoms with Gasteiger partial charge in [-0.1, -0.05) is 18.2 Å². The average molecular weight is 232 g/mol. The predicted molar refractivity (Wildman–Crippen MR) is 65.1 cm³/mol. The maximum Gasteiger partial charge on any atom is 0.334 e. The number of benzene rings is 1. The van der Waals surface area contributed by atoms with Crippen LogP contribution in [0.25, 0.3) is 0 Å². The van der Waals surface area contributed by atoms with Gasteiger partial charge in [0, 0.05) is 17.6 Å². The van der Waals surface area contributed by atoms with Crippen molar-refractivity contribution < 1.29 is 14.3 Å². The predicted octanol–water partition coefficient (Wildman–Crippen LogP) is 2.28. The van der Waals surface area contributed by atoms with E-state index in [1.165, 1.54) is 5.56 Å². The van der Waals surface area contributed by atoms with Crippen LogP contribution in [0.2, 0.25) is 0 Å². The van der Waals surface area contributed by atoms with Crippen molar-refractivity contribution in [2.45, 2.75) is 19.8 Å². The molecule has 2 rings (SSSR count). The third kappa shape index (κ3) is 2.33. The highest BCUT2D eigenvalue weighted by atomic mass is 16.5. The van der Waals surface area contributed by atoms with E-state index in [0.717, 1.165) is 23.3 Å². The van der Waals surface area contributed by atoms with Crippen molar-refractivity contribution in [3.63, 3.8) is 0 Å². The molecule has 1 aromatic rings. The molecule has 0 fully saturated rings. The van der Waals surface area contributed by atoms with E-state index in [4.69, 9.17) is 9.47 Å². The second-order valence-corrected chi connectivity index (χ2v) is 3.93. The second-order valence-electron chi connectivity index (χ2n) is 3.93. The van der Waals surface area contributed by atoms with Gasteiger partial charge >= 0.3 is 5.97 Å². The molecular weight excluding hydrogens is 216 g/mol. The van der Waals surface area contributed by atoms with Crippen molar-refractivity contribution in [2.24, 2.45) is 0 Å². The number of fused-ring (bicyclic) bond motifs is 1. The molecule has 17 heavy (non-hydrogen) atoms. The van der Waals surface area contributed by atoms with Crippen LogP contribution in [0.4, 0.5) is 0 Å². The van der Waals surface area contributed by atoms with Crippen LogP contribution < -0.4 is 4.74 Å². The van der Waals surface area contributed by atoms with Crippen LogP contribution in [-0.2, 0) is 22.4 Å². The number of rotatable bonds is 3. The first-order chi connectivity index (χ1) is 8.26. The molecule has 0 atom stereocenters. The summed E-state index contributed by atoms with van der Waals surface area (Å²) in [6.45, 7) is 2.24. The van der Waals surface area contributed by atoms with Gasteiger partial charge in [0.2, 0.25) is 0 Å². The van der Waals surface area contributed by atoms with E-state index in [-0.39, 0.29) is 5.97 Å². The van der Waals surface area contributed by atoms with Crippen molar-refractivity contribution in [3.8, 4) is 5.75 Å². The van der Waals surface area contributed by atoms with Crippen molar-refractivity contribution in [1.82, 2.24) is 0 Å². The summed E-state index contributed by atoms with van der Waals surface area (Å²) in [6, 6.07) is 5.93. The lowest BCUT2D eigenvalue weighted by Gasteiger charge is -2.18. The first-order valence-corrected chi connectivity index (χ1v) is 5.77. The number of methoxy groups -OCH3 is 1. The molecule has 0 aromatic heterocycles. The summed E-state index contributed by atoms with van der Waals surface area (Å²) in [4.78, 5) is 11.6. The number of esters is 1. The fourth-order valence-electron chi connectivity index (χ4n) is 2.08. The number of carbonyl (C=O) groups is 1. The molecule has 90 valence electrons. The lowest BCUT2D eigenvalue weighted by Crippen LogP contribution is -2.14. The van der Waals surface area contributed by atoms with Gasteiger partial charge in [0.1, 0.15) is 5.75 Å². The monoisotopic (exact) mass is 232 g/mol. The first kappa shape index (κ1) is 11.7. The van der Waals surface area contributed by atoms with Crippen LogP contribution in [0, 0.1) is 0 Å². The lowest BCUT2D eigenvalue weighted by molar-refractivity contribution is -0.138. The van der Waals surface area contributed by atoms with Crippen LogP contribution in [0.5, 0.6) is 5.75 Å². The summed E-state index contributed by atoms with van der Waals surface area (Å²) in [6.07, 6.45) is 3.29. The molecule has 0 saturated carbocycles. The zero-order valence-corrected chi connectivity index (χ0v) is 10.2. The molecule has 3 heteroatoms. The largest absolute Gasteiger partial charge is 0.496 e. The highest BCUT2D eigenvalue weighted by Crippen LogP contribution is 2.29. The Morgan fingerprint density at radius 3 is 2.94 bits per heavy atom. The SMILES string of the molecule is CCOC(=O)C1=CCc2c(cccc2OC)C1.